The number of hydrogen-bond acceptors (Lipinski definition) is 29. The van der Waals surface area contributed by atoms with Crippen LogP contribution in [0.3, 0.4) is 0 Å². The van der Waals surface area contributed by atoms with E-state index in [1.165, 1.54) is 94.4 Å². The molecule has 0 spiro atoms. The SMILES string of the molecule is COc1ncc(NC(=O)C(=O)N2C[C@@H](C)CC[C@@H]2c2ccc3sc(C)nc3c2)cc1C(N)=O.COc1ncc(NC(=O)C(=O)N2C[C@@H](C)CC[C@@H]2c2ccc3sc(C)nc3c2)cc1C(N)=O.COc1ncc(NC(=O)C(=O)N2C[C@H](C)CC[C@H]2c2ccc3sc(C)nc3c2)cc1C(N)=O.COc1ncc(NC(=O)C(=O)O)cc1C(N)=O.Cc1nc2cc([C@H]3CC[C@H](C)CN3)ccc2s1. The molecule has 0 radical (unpaired) electrons. The van der Waals surface area contributed by atoms with E-state index >= 15 is 0 Å². The summed E-state index contributed by atoms with van der Waals surface area (Å²) in [7, 11) is 5.37. The molecule has 0 saturated carbocycles. The Balaban J connectivity index is 0.000000154. The summed E-state index contributed by atoms with van der Waals surface area (Å²) in [6, 6.07) is 29.9. The highest BCUT2D eigenvalue weighted by Gasteiger charge is 2.39. The van der Waals surface area contributed by atoms with Gasteiger partial charge in [-0.1, -0.05) is 52.0 Å². The lowest BCUT2D eigenvalue weighted by Gasteiger charge is -2.38. The van der Waals surface area contributed by atoms with Crippen LogP contribution in [0.4, 0.5) is 22.7 Å². The highest BCUT2D eigenvalue weighted by atomic mass is 32.1. The molecule has 12 aromatic rings. The van der Waals surface area contributed by atoms with Crippen molar-refractivity contribution in [1.82, 2.24) is 59.9 Å². The van der Waals surface area contributed by atoms with Gasteiger partial charge in [-0.2, -0.15) is 0 Å². The lowest BCUT2D eigenvalue weighted by atomic mass is 9.89. The molecule has 4 aliphatic rings. The molecule has 133 heavy (non-hydrogen) atoms. The number of likely N-dealkylation sites (tertiary alicyclic amines) is 3. The number of aliphatic carboxylic acids is 1. The number of nitrogens with one attached hydrogen (secondary N) is 5. The number of carboxylic acid groups (broad SMARTS) is 1. The average Bonchev–Trinajstić information content (AvgIpc) is 1.75. The highest BCUT2D eigenvalue weighted by molar-refractivity contribution is 7.19. The Morgan fingerprint density at radius 1 is 0.361 bits per heavy atom. The quantitative estimate of drug-likeness (QED) is 0.0402. The van der Waals surface area contributed by atoms with Gasteiger partial charge in [-0.25, -0.2) is 44.7 Å². The number of anilines is 4. The molecule has 41 heteroatoms. The molecular formula is C92H102N20O17S4. The predicted molar refractivity (Wildman–Crippen MR) is 505 cm³/mol. The number of thiazole rings is 4. The van der Waals surface area contributed by atoms with E-state index in [9.17, 15) is 57.5 Å². The fraction of sp³-hybridized carbons (Fsp3) is 0.348. The van der Waals surface area contributed by atoms with Gasteiger partial charge in [0, 0.05) is 25.7 Å². The molecule has 4 aliphatic heterocycles. The first-order valence-electron chi connectivity index (χ1n) is 42.4. The van der Waals surface area contributed by atoms with Gasteiger partial charge >= 0.3 is 47.3 Å². The predicted octanol–water partition coefficient (Wildman–Crippen LogP) is 12.0. The van der Waals surface area contributed by atoms with Crippen molar-refractivity contribution >= 4 is 180 Å². The number of primary amides is 4. The first-order valence-corrected chi connectivity index (χ1v) is 45.7. The third-order valence-corrected chi connectivity index (χ3v) is 26.4. The first kappa shape index (κ1) is 97.9. The Bertz CT molecular complexity index is 5990. The number of aryl methyl sites for hydroxylation is 4. The second-order valence-corrected chi connectivity index (χ2v) is 37.6. The van der Waals surface area contributed by atoms with Gasteiger partial charge in [-0.05, 0) is 204 Å². The number of ether oxygens (including phenoxy) is 4. The molecular weight excluding hydrogens is 1790 g/mol. The van der Waals surface area contributed by atoms with Crippen LogP contribution in [0.15, 0.2) is 122 Å². The molecule has 8 aromatic heterocycles. The van der Waals surface area contributed by atoms with E-state index in [0.717, 1.165) is 130 Å². The number of nitrogens with zero attached hydrogens (tertiary/aromatic N) is 11. The van der Waals surface area contributed by atoms with Crippen molar-refractivity contribution in [2.75, 3.05) is 75.9 Å². The molecule has 4 fully saturated rings. The van der Waals surface area contributed by atoms with Crippen molar-refractivity contribution in [1.29, 1.82) is 0 Å². The van der Waals surface area contributed by atoms with Crippen LogP contribution in [0.2, 0.25) is 0 Å². The van der Waals surface area contributed by atoms with Crippen LogP contribution in [0.1, 0.15) is 187 Å². The van der Waals surface area contributed by atoms with Crippen molar-refractivity contribution in [3.63, 3.8) is 0 Å². The van der Waals surface area contributed by atoms with Crippen molar-refractivity contribution in [3.05, 3.63) is 186 Å². The summed E-state index contributed by atoms with van der Waals surface area (Å²) in [6.07, 6.45) is 12.8. The van der Waals surface area contributed by atoms with E-state index in [1.54, 1.807) is 60.0 Å². The fourth-order valence-electron chi connectivity index (χ4n) is 16.1. The van der Waals surface area contributed by atoms with Crippen LogP contribution in [0.5, 0.6) is 23.5 Å². The zero-order chi connectivity index (χ0) is 95.9. The third kappa shape index (κ3) is 24.3. The number of rotatable bonds is 16. The minimum Gasteiger partial charge on any atom is -0.480 e. The van der Waals surface area contributed by atoms with E-state index in [4.69, 9.17) is 47.0 Å². The summed E-state index contributed by atoms with van der Waals surface area (Å²) in [5, 5.41) is 25.7. The van der Waals surface area contributed by atoms with E-state index in [2.05, 4.69) is 114 Å². The number of nitrogens with two attached hydrogens (primary N) is 4. The van der Waals surface area contributed by atoms with Crippen molar-refractivity contribution in [3.8, 4) is 23.5 Å². The molecule has 4 aromatic carbocycles. The van der Waals surface area contributed by atoms with Crippen LogP contribution in [0.25, 0.3) is 40.9 Å². The largest absolute Gasteiger partial charge is 0.480 e. The third-order valence-electron chi connectivity index (χ3n) is 22.6. The summed E-state index contributed by atoms with van der Waals surface area (Å²) in [5.74, 6) is -8.53. The molecule has 0 unspecified atom stereocenters. The minimum absolute atomic E-state index is 0.00850. The number of aromatic nitrogens is 8. The van der Waals surface area contributed by atoms with Gasteiger partial charge in [0.25, 0.3) is 23.6 Å². The number of pyridine rings is 4. The molecule has 16 rings (SSSR count). The number of carboxylic acids is 1. The van der Waals surface area contributed by atoms with E-state index in [-0.39, 0.29) is 104 Å². The van der Waals surface area contributed by atoms with Crippen molar-refractivity contribution < 1.29 is 81.6 Å². The maximum Gasteiger partial charge on any atom is 0.394 e. The molecule has 12 heterocycles. The lowest BCUT2D eigenvalue weighted by molar-refractivity contribution is -0.147. The Kier molecular flexibility index (Phi) is 32.2. The summed E-state index contributed by atoms with van der Waals surface area (Å²) >= 11 is 6.65. The smallest absolute Gasteiger partial charge is 0.394 e. The lowest BCUT2D eigenvalue weighted by Crippen LogP contribution is -2.46. The molecule has 0 aliphatic carbocycles. The highest BCUT2D eigenvalue weighted by Crippen LogP contribution is 2.41. The molecule has 696 valence electrons. The zero-order valence-electron chi connectivity index (χ0n) is 75.0. The molecule has 14 N–H and O–H groups in total. The van der Waals surface area contributed by atoms with Crippen LogP contribution >= 0.6 is 45.3 Å². The summed E-state index contributed by atoms with van der Waals surface area (Å²) in [6.45, 7) is 19.0. The number of hydrogen-bond donors (Lipinski definition) is 10. The summed E-state index contributed by atoms with van der Waals surface area (Å²) in [5.41, 5.74) is 29.8. The second kappa shape index (κ2) is 43.7. The number of amides is 11. The molecule has 37 nitrogen and oxygen atoms in total. The number of fused-ring (bicyclic) bond motifs is 4. The molecule has 11 amide bonds. The molecule has 4 saturated heterocycles. The Morgan fingerprint density at radius 2 is 0.617 bits per heavy atom. The molecule has 8 atom stereocenters. The normalized spacial score (nSPS) is 18.0. The van der Waals surface area contributed by atoms with E-state index < -0.39 is 70.9 Å². The number of benzene rings is 4. The van der Waals surface area contributed by atoms with Crippen LogP contribution in [-0.2, 0) is 38.4 Å². The van der Waals surface area contributed by atoms with Crippen LogP contribution in [-0.4, -0.2) is 185 Å². The fourth-order valence-corrected chi connectivity index (χ4v) is 19.3. The number of carbonyl (C=O) groups excluding carboxylic acids is 11. The first-order chi connectivity index (χ1) is 63.5. The molecule has 0 bridgehead atoms. The van der Waals surface area contributed by atoms with Gasteiger partial charge in [0.05, 0.1) is 155 Å². The van der Waals surface area contributed by atoms with Gasteiger partial charge < -0.3 is 88.3 Å². The maximum atomic E-state index is 13.2. The van der Waals surface area contributed by atoms with Crippen molar-refractivity contribution in [2.45, 2.75) is 131 Å². The number of carbonyl (C=O) groups is 12. The minimum atomic E-state index is -1.65. The van der Waals surface area contributed by atoms with Gasteiger partial charge in [0.15, 0.2) is 0 Å². The van der Waals surface area contributed by atoms with E-state index in [1.807, 2.05) is 80.7 Å². The van der Waals surface area contributed by atoms with Crippen LogP contribution in [0, 0.1) is 51.4 Å². The standard InChI is InChI=1S/3C23H25N5O4S.C14H18N2S.C9H9N3O5/c3*1-12-4-6-18(14-5-7-19-17(8-14)26-13(2)33-19)28(11-12)23(31)21(30)27-15-9-16(20(24)29)22(32-3)25-10-15;1-9-3-5-12(15-8-9)11-4-6-14-13(7-11)16-10(2)17-14;1-17-8-5(6(10)13)2-4(3-11-8)12-7(14)9(15)16/h3*5,7-10,12,18H,4,6,11H2,1-3H3,(H2,24,29)(H,27,30);4,6-7,9,12,15H,3,5,8H2,1-2H3;2-3H,1H3,(H2,10,13)(H,12,14)(H,15,16)/t3*12-,18+;9-,12+;/m1000./s1. The Hall–Kier alpha value is -14.2. The monoisotopic (exact) mass is 1890 g/mol. The maximum absolute atomic E-state index is 13.2. The van der Waals surface area contributed by atoms with Crippen LogP contribution < -0.4 is 68.5 Å². The summed E-state index contributed by atoms with van der Waals surface area (Å²) < 4.78 is 24.4. The van der Waals surface area contributed by atoms with Gasteiger partial charge in [0.1, 0.15) is 22.3 Å². The number of methoxy groups -OCH3 is 4. The van der Waals surface area contributed by atoms with Gasteiger partial charge in [0.2, 0.25) is 23.5 Å². The van der Waals surface area contributed by atoms with Gasteiger partial charge in [-0.15, -0.1) is 45.3 Å². The number of piperidine rings is 4. The summed E-state index contributed by atoms with van der Waals surface area (Å²) in [4.78, 5) is 184. The topological polar surface area (TPSA) is 539 Å². The zero-order valence-corrected chi connectivity index (χ0v) is 78.3. The van der Waals surface area contributed by atoms with E-state index in [0.29, 0.717) is 25.7 Å². The average molecular weight is 1890 g/mol. The van der Waals surface area contributed by atoms with Gasteiger partial charge in [-0.3, -0.25) is 52.7 Å². The second-order valence-electron chi connectivity index (χ2n) is 32.7. The Labute approximate surface area is 780 Å². The van der Waals surface area contributed by atoms with Crippen molar-refractivity contribution in [2.24, 2.45) is 46.6 Å². The Morgan fingerprint density at radius 3 is 0.865 bits per heavy atom.